The minimum Gasteiger partial charge on any atom is -0.278 e. The molecule has 0 radical (unpaired) electrons. The maximum atomic E-state index is 13.7. The fourth-order valence-electron chi connectivity index (χ4n) is 2.37. The lowest BCUT2D eigenvalue weighted by Crippen LogP contribution is -1.93. The number of fused-ring (bicyclic) bond motifs is 1. The minimum atomic E-state index is -0.335. The number of aromatic amines is 1. The van der Waals surface area contributed by atoms with Crippen LogP contribution in [0.5, 0.6) is 0 Å². The van der Waals surface area contributed by atoms with Crippen LogP contribution in [0.25, 0.3) is 22.0 Å². The molecule has 3 rings (SSSR count). The van der Waals surface area contributed by atoms with Crippen LogP contribution in [0, 0.1) is 5.82 Å². The molecule has 0 fully saturated rings. The zero-order chi connectivity index (χ0) is 15.5. The van der Waals surface area contributed by atoms with Crippen LogP contribution in [-0.4, -0.2) is 15.2 Å². The van der Waals surface area contributed by atoms with E-state index in [0.717, 1.165) is 22.0 Å². The third-order valence-corrected chi connectivity index (χ3v) is 3.67. The smallest absolute Gasteiger partial charge is 0.149 e. The molecule has 0 saturated carbocycles. The molecule has 0 aliphatic rings. The summed E-state index contributed by atoms with van der Waals surface area (Å²) < 4.78 is 13.7. The van der Waals surface area contributed by atoms with Crippen molar-refractivity contribution in [2.24, 2.45) is 0 Å². The van der Waals surface area contributed by atoms with E-state index in [0.29, 0.717) is 24.1 Å². The number of aromatic nitrogens is 3. The van der Waals surface area contributed by atoms with Crippen LogP contribution in [0.4, 0.5) is 4.39 Å². The fourth-order valence-corrected chi connectivity index (χ4v) is 2.37. The van der Waals surface area contributed by atoms with Crippen LogP contribution < -0.4 is 0 Å². The number of H-pyrrole nitrogens is 1. The van der Waals surface area contributed by atoms with Gasteiger partial charge in [0.2, 0.25) is 0 Å². The SMILES string of the molecule is C=C(CCC(=C)c1ncccc1F)c1ccc2[nH]ncc2c1. The van der Waals surface area contributed by atoms with E-state index in [-0.39, 0.29) is 5.82 Å². The first-order chi connectivity index (χ1) is 10.6. The van der Waals surface area contributed by atoms with Gasteiger partial charge in [-0.2, -0.15) is 5.10 Å². The Morgan fingerprint density at radius 1 is 1.14 bits per heavy atom. The van der Waals surface area contributed by atoms with Gasteiger partial charge in [0.1, 0.15) is 11.5 Å². The topological polar surface area (TPSA) is 41.6 Å². The second-order valence-corrected chi connectivity index (χ2v) is 5.21. The Morgan fingerprint density at radius 3 is 2.77 bits per heavy atom. The van der Waals surface area contributed by atoms with Crippen LogP contribution in [0.15, 0.2) is 55.9 Å². The van der Waals surface area contributed by atoms with Gasteiger partial charge in [0.15, 0.2) is 0 Å². The van der Waals surface area contributed by atoms with Gasteiger partial charge in [0.05, 0.1) is 11.7 Å². The second kappa shape index (κ2) is 5.93. The van der Waals surface area contributed by atoms with Crippen molar-refractivity contribution in [3.05, 3.63) is 73.0 Å². The first-order valence-electron chi connectivity index (χ1n) is 7.05. The summed E-state index contributed by atoms with van der Waals surface area (Å²) in [5.41, 5.74) is 4.06. The van der Waals surface area contributed by atoms with Crippen molar-refractivity contribution in [2.45, 2.75) is 12.8 Å². The van der Waals surface area contributed by atoms with Gasteiger partial charge in [0.25, 0.3) is 0 Å². The van der Waals surface area contributed by atoms with Crippen molar-refractivity contribution < 1.29 is 4.39 Å². The van der Waals surface area contributed by atoms with Gasteiger partial charge in [-0.05, 0) is 53.8 Å². The Balaban J connectivity index is 1.69. The number of hydrogen-bond donors (Lipinski definition) is 1. The molecular formula is C18H16FN3. The molecule has 0 amide bonds. The zero-order valence-corrected chi connectivity index (χ0v) is 12.1. The molecular weight excluding hydrogens is 277 g/mol. The molecule has 4 heteroatoms. The third kappa shape index (κ3) is 2.81. The van der Waals surface area contributed by atoms with E-state index in [1.807, 2.05) is 18.2 Å². The highest BCUT2D eigenvalue weighted by atomic mass is 19.1. The monoisotopic (exact) mass is 293 g/mol. The normalized spacial score (nSPS) is 10.8. The number of benzene rings is 1. The van der Waals surface area contributed by atoms with Crippen molar-refractivity contribution in [2.75, 3.05) is 0 Å². The molecule has 0 aliphatic carbocycles. The highest BCUT2D eigenvalue weighted by Gasteiger charge is 2.08. The van der Waals surface area contributed by atoms with E-state index < -0.39 is 0 Å². The van der Waals surface area contributed by atoms with E-state index in [1.165, 1.54) is 6.07 Å². The van der Waals surface area contributed by atoms with Crippen LogP contribution >= 0.6 is 0 Å². The largest absolute Gasteiger partial charge is 0.278 e. The average Bonchev–Trinajstić information content (AvgIpc) is 3.00. The lowest BCUT2D eigenvalue weighted by molar-refractivity contribution is 0.615. The predicted molar refractivity (Wildman–Crippen MR) is 87.6 cm³/mol. The molecule has 0 aliphatic heterocycles. The third-order valence-electron chi connectivity index (χ3n) is 3.67. The molecule has 0 saturated heterocycles. The van der Waals surface area contributed by atoms with E-state index in [4.69, 9.17) is 0 Å². The summed E-state index contributed by atoms with van der Waals surface area (Å²) in [4.78, 5) is 4.05. The Morgan fingerprint density at radius 2 is 1.95 bits per heavy atom. The average molecular weight is 293 g/mol. The lowest BCUT2D eigenvalue weighted by Gasteiger charge is -2.09. The van der Waals surface area contributed by atoms with Crippen LogP contribution in [0.3, 0.4) is 0 Å². The van der Waals surface area contributed by atoms with Gasteiger partial charge < -0.3 is 0 Å². The number of pyridine rings is 1. The Hall–Kier alpha value is -2.75. The van der Waals surface area contributed by atoms with E-state index in [9.17, 15) is 4.39 Å². The Bertz CT molecular complexity index is 848. The predicted octanol–water partition coefficient (Wildman–Crippen LogP) is 4.60. The van der Waals surface area contributed by atoms with E-state index in [1.54, 1.807) is 18.5 Å². The highest BCUT2D eigenvalue weighted by Crippen LogP contribution is 2.26. The fraction of sp³-hybridized carbons (Fsp3) is 0.111. The van der Waals surface area contributed by atoms with Gasteiger partial charge in [-0.15, -0.1) is 0 Å². The highest BCUT2D eigenvalue weighted by molar-refractivity contribution is 5.82. The molecule has 2 heterocycles. The summed E-state index contributed by atoms with van der Waals surface area (Å²) >= 11 is 0. The van der Waals surface area contributed by atoms with Crippen LogP contribution in [-0.2, 0) is 0 Å². The van der Waals surface area contributed by atoms with E-state index in [2.05, 4.69) is 28.3 Å². The standard InChI is InChI=1S/C18H16FN3/c1-12(14-7-8-17-15(10-14)11-21-22-17)5-6-13(2)18-16(19)4-3-9-20-18/h3-4,7-11H,1-2,5-6H2,(H,21,22). The lowest BCUT2D eigenvalue weighted by atomic mass is 9.98. The van der Waals surface area contributed by atoms with Gasteiger partial charge in [-0.25, -0.2) is 4.39 Å². The molecule has 0 atom stereocenters. The van der Waals surface area contributed by atoms with Crippen molar-refractivity contribution in [1.82, 2.24) is 15.2 Å². The molecule has 2 aromatic heterocycles. The van der Waals surface area contributed by atoms with Crippen molar-refractivity contribution in [3.63, 3.8) is 0 Å². The summed E-state index contributed by atoms with van der Waals surface area (Å²) in [6.07, 6.45) is 4.69. The number of nitrogens with one attached hydrogen (secondary N) is 1. The van der Waals surface area contributed by atoms with Gasteiger partial charge in [-0.1, -0.05) is 19.2 Å². The van der Waals surface area contributed by atoms with Crippen molar-refractivity contribution in [1.29, 1.82) is 0 Å². The molecule has 1 aromatic carbocycles. The molecule has 22 heavy (non-hydrogen) atoms. The molecule has 3 aromatic rings. The number of halogens is 1. The summed E-state index contributed by atoms with van der Waals surface area (Å²) in [6, 6.07) is 9.01. The molecule has 3 nitrogen and oxygen atoms in total. The van der Waals surface area contributed by atoms with Crippen molar-refractivity contribution >= 4 is 22.0 Å². The summed E-state index contributed by atoms with van der Waals surface area (Å²) in [7, 11) is 0. The van der Waals surface area contributed by atoms with Crippen LogP contribution in [0.1, 0.15) is 24.1 Å². The summed E-state index contributed by atoms with van der Waals surface area (Å²) in [6.45, 7) is 8.05. The quantitative estimate of drug-likeness (QED) is 0.746. The summed E-state index contributed by atoms with van der Waals surface area (Å²) in [5, 5.41) is 7.98. The molecule has 1 N–H and O–H groups in total. The maximum absolute atomic E-state index is 13.7. The van der Waals surface area contributed by atoms with Gasteiger partial charge in [0, 0.05) is 11.6 Å². The van der Waals surface area contributed by atoms with Gasteiger partial charge in [-0.3, -0.25) is 10.1 Å². The first kappa shape index (κ1) is 14.2. The van der Waals surface area contributed by atoms with Crippen LogP contribution in [0.2, 0.25) is 0 Å². The summed E-state index contributed by atoms with van der Waals surface area (Å²) in [5.74, 6) is -0.335. The molecule has 0 bridgehead atoms. The number of rotatable bonds is 5. The van der Waals surface area contributed by atoms with E-state index >= 15 is 0 Å². The minimum absolute atomic E-state index is 0.334. The van der Waals surface area contributed by atoms with Gasteiger partial charge >= 0.3 is 0 Å². The molecule has 0 unspecified atom stereocenters. The molecule has 0 spiro atoms. The number of hydrogen-bond acceptors (Lipinski definition) is 2. The maximum Gasteiger partial charge on any atom is 0.149 e. The number of nitrogens with zero attached hydrogens (tertiary/aromatic N) is 2. The second-order valence-electron chi connectivity index (χ2n) is 5.21. The number of allylic oxidation sites excluding steroid dienone is 2. The molecule has 110 valence electrons. The van der Waals surface area contributed by atoms with Crippen molar-refractivity contribution in [3.8, 4) is 0 Å². The Kier molecular flexibility index (Phi) is 3.83. The Labute approximate surface area is 128 Å². The first-order valence-corrected chi connectivity index (χ1v) is 7.05. The zero-order valence-electron chi connectivity index (χ0n) is 12.1.